The fraction of sp³-hybridized carbons (Fsp3) is 1.00. The molecule has 102 valence electrons. The van der Waals surface area contributed by atoms with Crippen molar-refractivity contribution in [2.45, 2.75) is 48.6 Å². The molecule has 1 saturated carbocycles. The van der Waals surface area contributed by atoms with Crippen LogP contribution in [-0.2, 0) is 14.2 Å². The molecule has 0 spiro atoms. The van der Waals surface area contributed by atoms with Crippen molar-refractivity contribution in [2.24, 2.45) is 0 Å². The minimum atomic E-state index is 0.445. The smallest absolute Gasteiger partial charge is 0.0704 e. The van der Waals surface area contributed by atoms with Gasteiger partial charge in [0.1, 0.15) is 0 Å². The van der Waals surface area contributed by atoms with Crippen molar-refractivity contribution in [1.29, 1.82) is 0 Å². The van der Waals surface area contributed by atoms with Crippen molar-refractivity contribution in [3.63, 3.8) is 0 Å². The summed E-state index contributed by atoms with van der Waals surface area (Å²) in [4.78, 5) is 0. The molecule has 1 aliphatic rings. The van der Waals surface area contributed by atoms with E-state index in [1.165, 1.54) is 32.1 Å². The number of ether oxygens (including phenoxy) is 3. The van der Waals surface area contributed by atoms with Gasteiger partial charge in [-0.05, 0) is 19.3 Å². The van der Waals surface area contributed by atoms with E-state index < -0.39 is 0 Å². The molecular formula is C13H25IO3. The molecule has 0 aromatic heterocycles. The van der Waals surface area contributed by atoms with Crippen molar-refractivity contribution in [3.8, 4) is 0 Å². The predicted octanol–water partition coefficient (Wildman–Crippen LogP) is 3.19. The lowest BCUT2D eigenvalue weighted by Gasteiger charge is -2.20. The molecule has 17 heavy (non-hydrogen) atoms. The molecule has 0 bridgehead atoms. The Morgan fingerprint density at radius 2 is 1.82 bits per heavy atom. The van der Waals surface area contributed by atoms with Gasteiger partial charge < -0.3 is 14.2 Å². The number of rotatable bonds is 8. The Labute approximate surface area is 119 Å². The quantitative estimate of drug-likeness (QED) is 0.289. The molecule has 0 aromatic rings. The molecule has 3 nitrogen and oxygen atoms in total. The molecular weight excluding hydrogens is 331 g/mol. The van der Waals surface area contributed by atoms with E-state index in [0.29, 0.717) is 16.6 Å². The molecule has 0 aliphatic heterocycles. The van der Waals surface area contributed by atoms with Gasteiger partial charge in [-0.15, -0.1) is 0 Å². The number of hydrogen-bond donors (Lipinski definition) is 0. The van der Waals surface area contributed by atoms with E-state index in [1.807, 2.05) is 0 Å². The molecule has 0 radical (unpaired) electrons. The topological polar surface area (TPSA) is 27.7 Å². The van der Waals surface area contributed by atoms with Gasteiger partial charge in [0.15, 0.2) is 0 Å². The van der Waals surface area contributed by atoms with E-state index in [0.717, 1.165) is 26.2 Å². The Bertz CT molecular complexity index is 178. The number of halogens is 1. The van der Waals surface area contributed by atoms with Crippen molar-refractivity contribution >= 4 is 22.6 Å². The van der Waals surface area contributed by atoms with Crippen molar-refractivity contribution < 1.29 is 14.2 Å². The minimum absolute atomic E-state index is 0.445. The van der Waals surface area contributed by atoms with Gasteiger partial charge in [-0.2, -0.15) is 0 Å². The second-order valence-electron chi connectivity index (χ2n) is 4.52. The second-order valence-corrected chi connectivity index (χ2v) is 6.12. The largest absolute Gasteiger partial charge is 0.385 e. The molecule has 0 aromatic carbocycles. The lowest BCUT2D eigenvalue weighted by Crippen LogP contribution is -2.24. The van der Waals surface area contributed by atoms with Gasteiger partial charge in [-0.1, -0.05) is 41.9 Å². The highest BCUT2D eigenvalue weighted by Gasteiger charge is 2.21. The lowest BCUT2D eigenvalue weighted by atomic mass is 10.1. The Hall–Kier alpha value is 0.610. The zero-order chi connectivity index (χ0) is 12.3. The monoisotopic (exact) mass is 356 g/mol. The normalized spacial score (nSPS) is 25.8. The van der Waals surface area contributed by atoms with Crippen LogP contribution in [0.5, 0.6) is 0 Å². The third-order valence-corrected chi connectivity index (χ3v) is 4.49. The van der Waals surface area contributed by atoms with Gasteiger partial charge in [0.2, 0.25) is 0 Å². The molecule has 1 aliphatic carbocycles. The van der Waals surface area contributed by atoms with Gasteiger partial charge >= 0.3 is 0 Å². The molecule has 1 fully saturated rings. The summed E-state index contributed by atoms with van der Waals surface area (Å²) in [5, 5.41) is 0. The highest BCUT2D eigenvalue weighted by Crippen LogP contribution is 2.26. The van der Waals surface area contributed by atoms with Gasteiger partial charge in [-0.25, -0.2) is 0 Å². The van der Waals surface area contributed by atoms with E-state index in [2.05, 4.69) is 22.6 Å². The highest BCUT2D eigenvalue weighted by molar-refractivity contribution is 14.1. The fourth-order valence-corrected chi connectivity index (χ4v) is 3.09. The maximum Gasteiger partial charge on any atom is 0.0704 e. The van der Waals surface area contributed by atoms with Crippen LogP contribution in [0.25, 0.3) is 0 Å². The zero-order valence-corrected chi connectivity index (χ0v) is 13.0. The van der Waals surface area contributed by atoms with Gasteiger partial charge in [0.25, 0.3) is 0 Å². The first-order valence-corrected chi connectivity index (χ1v) is 7.91. The van der Waals surface area contributed by atoms with Crippen LogP contribution in [0, 0.1) is 0 Å². The standard InChI is InChI=1S/C13H25IO3/c1-15-8-5-9-16-10-11-17-13-7-4-2-3-6-12(13)14/h12-13H,2-11H2,1H3. The molecule has 4 heteroatoms. The van der Waals surface area contributed by atoms with Gasteiger partial charge in [0, 0.05) is 24.2 Å². The van der Waals surface area contributed by atoms with Crippen molar-refractivity contribution in [2.75, 3.05) is 33.5 Å². The third kappa shape index (κ3) is 7.59. The minimum Gasteiger partial charge on any atom is -0.385 e. The Balaban J connectivity index is 1.97. The predicted molar refractivity (Wildman–Crippen MR) is 77.9 cm³/mol. The SMILES string of the molecule is COCCCOCCOC1CCCCCC1I. The summed E-state index contributed by atoms with van der Waals surface area (Å²) in [6.07, 6.45) is 7.99. The summed E-state index contributed by atoms with van der Waals surface area (Å²) in [6.45, 7) is 3.00. The molecule has 1 rings (SSSR count). The van der Waals surface area contributed by atoms with Crippen LogP contribution >= 0.6 is 22.6 Å². The summed E-state index contributed by atoms with van der Waals surface area (Å²) >= 11 is 2.54. The summed E-state index contributed by atoms with van der Waals surface area (Å²) in [5.74, 6) is 0. The van der Waals surface area contributed by atoms with E-state index in [9.17, 15) is 0 Å². The summed E-state index contributed by atoms with van der Waals surface area (Å²) in [6, 6.07) is 0. The molecule has 2 atom stereocenters. The Morgan fingerprint density at radius 3 is 2.65 bits per heavy atom. The van der Waals surface area contributed by atoms with Gasteiger partial charge in [-0.3, -0.25) is 0 Å². The van der Waals surface area contributed by atoms with E-state index in [1.54, 1.807) is 7.11 Å². The summed E-state index contributed by atoms with van der Waals surface area (Å²) < 4.78 is 17.0. The lowest BCUT2D eigenvalue weighted by molar-refractivity contribution is 0.0000186. The van der Waals surface area contributed by atoms with Crippen LogP contribution in [-0.4, -0.2) is 43.6 Å². The molecule has 0 N–H and O–H groups in total. The molecule has 2 unspecified atom stereocenters. The number of methoxy groups -OCH3 is 1. The van der Waals surface area contributed by atoms with Crippen LogP contribution in [0.15, 0.2) is 0 Å². The number of hydrogen-bond acceptors (Lipinski definition) is 3. The van der Waals surface area contributed by atoms with Crippen LogP contribution < -0.4 is 0 Å². The van der Waals surface area contributed by atoms with Crippen molar-refractivity contribution in [1.82, 2.24) is 0 Å². The average molecular weight is 356 g/mol. The first-order chi connectivity index (χ1) is 8.34. The molecule has 0 saturated heterocycles. The highest BCUT2D eigenvalue weighted by atomic mass is 127. The average Bonchev–Trinajstić information content (AvgIpc) is 2.53. The maximum atomic E-state index is 5.92. The van der Waals surface area contributed by atoms with E-state index in [4.69, 9.17) is 14.2 Å². The first-order valence-electron chi connectivity index (χ1n) is 6.67. The maximum absolute atomic E-state index is 5.92. The summed E-state index contributed by atoms with van der Waals surface area (Å²) in [7, 11) is 1.72. The van der Waals surface area contributed by atoms with Crippen molar-refractivity contribution in [3.05, 3.63) is 0 Å². The second kappa shape index (κ2) is 10.5. The van der Waals surface area contributed by atoms with Crippen LogP contribution in [0.4, 0.5) is 0 Å². The summed E-state index contributed by atoms with van der Waals surface area (Å²) in [5.41, 5.74) is 0. The molecule has 0 amide bonds. The molecule has 0 heterocycles. The zero-order valence-electron chi connectivity index (χ0n) is 10.8. The Morgan fingerprint density at radius 1 is 1.00 bits per heavy atom. The van der Waals surface area contributed by atoms with E-state index >= 15 is 0 Å². The first kappa shape index (κ1) is 15.7. The fourth-order valence-electron chi connectivity index (χ4n) is 2.08. The Kier molecular flexibility index (Phi) is 9.70. The van der Waals surface area contributed by atoms with Gasteiger partial charge in [0.05, 0.1) is 19.3 Å². The van der Waals surface area contributed by atoms with E-state index in [-0.39, 0.29) is 0 Å². The van der Waals surface area contributed by atoms with Crippen LogP contribution in [0.1, 0.15) is 38.5 Å². The number of alkyl halides is 1. The van der Waals surface area contributed by atoms with Crippen LogP contribution in [0.2, 0.25) is 0 Å². The van der Waals surface area contributed by atoms with Crippen LogP contribution in [0.3, 0.4) is 0 Å². The third-order valence-electron chi connectivity index (χ3n) is 3.07.